The average Bonchev–Trinajstić information content (AvgIpc) is 2.97. The fourth-order valence-corrected chi connectivity index (χ4v) is 3.28. The highest BCUT2D eigenvalue weighted by Gasteiger charge is 2.26. The number of carbonyl (C=O) groups excluding carboxylic acids is 1. The van der Waals surface area contributed by atoms with Crippen molar-refractivity contribution in [3.8, 4) is 0 Å². The lowest BCUT2D eigenvalue weighted by atomic mass is 9.96. The van der Waals surface area contributed by atoms with Gasteiger partial charge in [0, 0.05) is 19.3 Å². The Labute approximate surface area is 140 Å². The van der Waals surface area contributed by atoms with Crippen LogP contribution >= 0.6 is 0 Å². The van der Waals surface area contributed by atoms with E-state index in [1.807, 2.05) is 37.4 Å². The van der Waals surface area contributed by atoms with E-state index in [0.717, 1.165) is 18.7 Å². The van der Waals surface area contributed by atoms with Crippen LogP contribution in [-0.4, -0.2) is 39.0 Å². The van der Waals surface area contributed by atoms with Gasteiger partial charge in [-0.1, -0.05) is 30.3 Å². The van der Waals surface area contributed by atoms with Gasteiger partial charge < -0.3 is 5.32 Å². The Morgan fingerprint density at radius 1 is 1.21 bits per heavy atom. The Morgan fingerprint density at radius 2 is 2.04 bits per heavy atom. The van der Waals surface area contributed by atoms with E-state index in [9.17, 15) is 4.79 Å². The maximum Gasteiger partial charge on any atom is 0.290 e. The molecular weight excluding hydrogens is 302 g/mol. The number of pyridine rings is 1. The van der Waals surface area contributed by atoms with Crippen LogP contribution in [0, 0.1) is 6.92 Å². The number of nitrogens with one attached hydrogen (secondary N) is 1. The highest BCUT2D eigenvalue weighted by molar-refractivity contribution is 5.91. The van der Waals surface area contributed by atoms with E-state index in [4.69, 9.17) is 0 Å². The van der Waals surface area contributed by atoms with Crippen molar-refractivity contribution in [3.63, 3.8) is 0 Å². The van der Waals surface area contributed by atoms with Crippen LogP contribution in [0.25, 0.3) is 5.65 Å². The third-order valence-corrected chi connectivity index (χ3v) is 4.42. The van der Waals surface area contributed by atoms with E-state index in [2.05, 4.69) is 39.6 Å². The summed E-state index contributed by atoms with van der Waals surface area (Å²) in [5.74, 6) is 0.114. The molecule has 24 heavy (non-hydrogen) atoms. The van der Waals surface area contributed by atoms with Crippen molar-refractivity contribution in [1.82, 2.24) is 24.8 Å². The van der Waals surface area contributed by atoms with Crippen LogP contribution in [0.4, 0.5) is 0 Å². The van der Waals surface area contributed by atoms with Crippen molar-refractivity contribution in [2.24, 2.45) is 0 Å². The normalized spacial score (nSPS) is 17.7. The standard InChI is InChI=1S/C18H19N5O/c1-12-7-8-16-20-21-17(23(16)9-12)18(24)19-15-11-22(2)10-13-5-3-4-6-14(13)15/h3-9,15H,10-11H2,1-2H3,(H,19,24). The van der Waals surface area contributed by atoms with E-state index < -0.39 is 0 Å². The molecule has 6 nitrogen and oxygen atoms in total. The molecule has 1 aliphatic heterocycles. The monoisotopic (exact) mass is 321 g/mol. The number of rotatable bonds is 2. The number of aromatic nitrogens is 3. The number of hydrogen-bond donors (Lipinski definition) is 1. The number of carbonyl (C=O) groups is 1. The minimum atomic E-state index is -0.205. The van der Waals surface area contributed by atoms with Gasteiger partial charge in [0.2, 0.25) is 5.82 Å². The molecule has 1 amide bonds. The average molecular weight is 321 g/mol. The molecule has 2 aromatic heterocycles. The SMILES string of the molecule is Cc1ccc2nnc(C(=O)NC3CN(C)Cc4ccccc43)n2c1. The zero-order chi connectivity index (χ0) is 16.7. The van der Waals surface area contributed by atoms with Crippen LogP contribution in [0.1, 0.15) is 33.4 Å². The highest BCUT2D eigenvalue weighted by Crippen LogP contribution is 2.25. The van der Waals surface area contributed by atoms with Crippen LogP contribution in [0.2, 0.25) is 0 Å². The van der Waals surface area contributed by atoms with Crippen LogP contribution in [-0.2, 0) is 6.54 Å². The number of amides is 1. The maximum atomic E-state index is 12.8. The third-order valence-electron chi connectivity index (χ3n) is 4.42. The molecule has 0 aliphatic carbocycles. The summed E-state index contributed by atoms with van der Waals surface area (Å²) in [6.45, 7) is 3.65. The summed E-state index contributed by atoms with van der Waals surface area (Å²) in [7, 11) is 2.06. The van der Waals surface area contributed by atoms with Gasteiger partial charge in [-0.05, 0) is 36.7 Å². The van der Waals surface area contributed by atoms with Gasteiger partial charge in [0.05, 0.1) is 6.04 Å². The van der Waals surface area contributed by atoms with Crippen LogP contribution in [0.3, 0.4) is 0 Å². The number of hydrogen-bond acceptors (Lipinski definition) is 4. The quantitative estimate of drug-likeness (QED) is 0.784. The minimum Gasteiger partial charge on any atom is -0.341 e. The molecule has 4 rings (SSSR count). The summed E-state index contributed by atoms with van der Waals surface area (Å²) in [5.41, 5.74) is 4.15. The predicted molar refractivity (Wildman–Crippen MR) is 90.7 cm³/mol. The summed E-state index contributed by atoms with van der Waals surface area (Å²) in [6, 6.07) is 12.0. The zero-order valence-electron chi connectivity index (χ0n) is 13.7. The summed E-state index contributed by atoms with van der Waals surface area (Å²) in [6.07, 6.45) is 1.88. The molecule has 1 unspecified atom stereocenters. The molecule has 0 saturated carbocycles. The van der Waals surface area contributed by atoms with Crippen LogP contribution in [0.15, 0.2) is 42.6 Å². The lowest BCUT2D eigenvalue weighted by Gasteiger charge is -2.32. The van der Waals surface area contributed by atoms with E-state index >= 15 is 0 Å². The maximum absolute atomic E-state index is 12.8. The predicted octanol–water partition coefficient (Wildman–Crippen LogP) is 1.95. The topological polar surface area (TPSA) is 62.5 Å². The molecule has 1 atom stereocenters. The molecule has 0 fully saturated rings. The Balaban J connectivity index is 1.65. The molecular formula is C18H19N5O. The van der Waals surface area contributed by atoms with Gasteiger partial charge in [-0.2, -0.15) is 0 Å². The first kappa shape index (κ1) is 14.8. The molecule has 0 bridgehead atoms. The summed E-state index contributed by atoms with van der Waals surface area (Å²) in [5, 5.41) is 11.3. The number of fused-ring (bicyclic) bond motifs is 2. The van der Waals surface area contributed by atoms with E-state index in [1.54, 1.807) is 4.40 Å². The van der Waals surface area contributed by atoms with Crippen molar-refractivity contribution in [2.45, 2.75) is 19.5 Å². The summed E-state index contributed by atoms with van der Waals surface area (Å²) in [4.78, 5) is 15.0. The number of nitrogens with zero attached hydrogens (tertiary/aromatic N) is 4. The number of benzene rings is 1. The third kappa shape index (κ3) is 2.55. The molecule has 1 aliphatic rings. The molecule has 6 heteroatoms. The smallest absolute Gasteiger partial charge is 0.290 e. The Hall–Kier alpha value is -2.73. The second-order valence-electron chi connectivity index (χ2n) is 6.38. The Bertz CT molecular complexity index is 917. The first-order valence-electron chi connectivity index (χ1n) is 8.00. The van der Waals surface area contributed by atoms with Gasteiger partial charge in [-0.3, -0.25) is 14.1 Å². The molecule has 3 aromatic rings. The summed E-state index contributed by atoms with van der Waals surface area (Å²) < 4.78 is 1.74. The molecule has 1 N–H and O–H groups in total. The van der Waals surface area contributed by atoms with Crippen molar-refractivity contribution in [1.29, 1.82) is 0 Å². The summed E-state index contributed by atoms with van der Waals surface area (Å²) >= 11 is 0. The van der Waals surface area contributed by atoms with Crippen molar-refractivity contribution in [3.05, 3.63) is 65.1 Å². The Kier molecular flexibility index (Phi) is 3.54. The van der Waals surface area contributed by atoms with Gasteiger partial charge in [-0.25, -0.2) is 0 Å². The van der Waals surface area contributed by atoms with Gasteiger partial charge >= 0.3 is 0 Å². The van der Waals surface area contributed by atoms with Crippen LogP contribution in [0.5, 0.6) is 0 Å². The molecule has 0 spiro atoms. The fourth-order valence-electron chi connectivity index (χ4n) is 3.28. The van der Waals surface area contributed by atoms with Gasteiger partial charge in [0.25, 0.3) is 5.91 Å². The van der Waals surface area contributed by atoms with Crippen molar-refractivity contribution >= 4 is 11.6 Å². The molecule has 1 aromatic carbocycles. The Morgan fingerprint density at radius 3 is 2.92 bits per heavy atom. The molecule has 0 saturated heterocycles. The van der Waals surface area contributed by atoms with E-state index in [0.29, 0.717) is 11.5 Å². The van der Waals surface area contributed by atoms with E-state index in [-0.39, 0.29) is 11.9 Å². The van der Waals surface area contributed by atoms with Gasteiger partial charge in [0.1, 0.15) is 0 Å². The molecule has 3 heterocycles. The minimum absolute atomic E-state index is 0.0513. The first-order valence-corrected chi connectivity index (χ1v) is 8.00. The molecule has 0 radical (unpaired) electrons. The first-order chi connectivity index (χ1) is 11.6. The number of aryl methyl sites for hydroxylation is 1. The second-order valence-corrected chi connectivity index (χ2v) is 6.38. The fraction of sp³-hybridized carbons (Fsp3) is 0.278. The van der Waals surface area contributed by atoms with Crippen molar-refractivity contribution < 1.29 is 4.79 Å². The highest BCUT2D eigenvalue weighted by atomic mass is 16.2. The van der Waals surface area contributed by atoms with E-state index in [1.165, 1.54) is 11.1 Å². The van der Waals surface area contributed by atoms with Gasteiger partial charge in [-0.15, -0.1) is 10.2 Å². The van der Waals surface area contributed by atoms with Crippen molar-refractivity contribution in [2.75, 3.05) is 13.6 Å². The molecule has 122 valence electrons. The van der Waals surface area contributed by atoms with Crippen LogP contribution < -0.4 is 5.32 Å². The number of likely N-dealkylation sites (N-methyl/N-ethyl adjacent to an activating group) is 1. The zero-order valence-corrected chi connectivity index (χ0v) is 13.7. The van der Waals surface area contributed by atoms with Gasteiger partial charge in [0.15, 0.2) is 5.65 Å². The lowest BCUT2D eigenvalue weighted by molar-refractivity contribution is 0.0910. The lowest BCUT2D eigenvalue weighted by Crippen LogP contribution is -2.40. The largest absolute Gasteiger partial charge is 0.341 e. The second kappa shape index (κ2) is 5.72.